The van der Waals surface area contributed by atoms with Crippen LogP contribution in [0.3, 0.4) is 0 Å². The van der Waals surface area contributed by atoms with Crippen LogP contribution >= 0.6 is 0 Å². The van der Waals surface area contributed by atoms with E-state index in [-0.39, 0.29) is 0 Å². The van der Waals surface area contributed by atoms with E-state index in [0.717, 1.165) is 55.6 Å². The molecular formula is C19H28N4. The van der Waals surface area contributed by atoms with Gasteiger partial charge in [0.05, 0.1) is 0 Å². The summed E-state index contributed by atoms with van der Waals surface area (Å²) in [5.74, 6) is 1.82. The van der Waals surface area contributed by atoms with Gasteiger partial charge in [-0.2, -0.15) is 4.98 Å². The molecule has 0 saturated carbocycles. The summed E-state index contributed by atoms with van der Waals surface area (Å²) in [6.07, 6.45) is 2.24. The number of nitrogens with zero attached hydrogens (tertiary/aromatic N) is 4. The predicted molar refractivity (Wildman–Crippen MR) is 98.7 cm³/mol. The first-order valence-corrected chi connectivity index (χ1v) is 8.62. The minimum atomic E-state index is 0.783. The lowest BCUT2D eigenvalue weighted by molar-refractivity contribution is 0.730. The van der Waals surface area contributed by atoms with Crippen molar-refractivity contribution in [3.63, 3.8) is 0 Å². The van der Waals surface area contributed by atoms with Crippen molar-refractivity contribution in [3.8, 4) is 0 Å². The highest BCUT2D eigenvalue weighted by molar-refractivity contribution is 5.58. The maximum absolute atomic E-state index is 4.86. The summed E-state index contributed by atoms with van der Waals surface area (Å²) in [5.41, 5.74) is 2.14. The van der Waals surface area contributed by atoms with Crippen LogP contribution in [0.25, 0.3) is 0 Å². The quantitative estimate of drug-likeness (QED) is 0.715. The Labute approximate surface area is 140 Å². The molecule has 0 fully saturated rings. The van der Waals surface area contributed by atoms with E-state index in [2.05, 4.69) is 65.9 Å². The number of aromatic nitrogens is 2. The Kier molecular flexibility index (Phi) is 6.39. The summed E-state index contributed by atoms with van der Waals surface area (Å²) >= 11 is 0. The van der Waals surface area contributed by atoms with Crippen LogP contribution in [-0.4, -0.2) is 29.6 Å². The van der Waals surface area contributed by atoms with E-state index in [1.165, 1.54) is 0 Å². The molecule has 0 unspecified atom stereocenters. The van der Waals surface area contributed by atoms with Gasteiger partial charge in [0.25, 0.3) is 0 Å². The maximum Gasteiger partial charge on any atom is 0.232 e. The van der Waals surface area contributed by atoms with Crippen LogP contribution in [0.1, 0.15) is 39.3 Å². The van der Waals surface area contributed by atoms with Crippen molar-refractivity contribution in [1.82, 2.24) is 9.97 Å². The van der Waals surface area contributed by atoms with Gasteiger partial charge in [0.1, 0.15) is 5.82 Å². The van der Waals surface area contributed by atoms with Crippen molar-refractivity contribution >= 4 is 17.5 Å². The van der Waals surface area contributed by atoms with Crippen molar-refractivity contribution in [1.29, 1.82) is 0 Å². The number of aryl methyl sites for hydroxylation is 1. The molecule has 1 heterocycles. The lowest BCUT2D eigenvalue weighted by Gasteiger charge is -2.26. The third-order valence-corrected chi connectivity index (χ3v) is 3.77. The van der Waals surface area contributed by atoms with Crippen LogP contribution in [0.5, 0.6) is 0 Å². The number of anilines is 3. The molecule has 124 valence electrons. The molecule has 0 aliphatic heterocycles. The molecule has 4 heteroatoms. The highest BCUT2D eigenvalue weighted by atomic mass is 15.3. The first-order chi connectivity index (χ1) is 11.2. The number of para-hydroxylation sites is 1. The Bertz CT molecular complexity index is 592. The van der Waals surface area contributed by atoms with Crippen molar-refractivity contribution in [3.05, 3.63) is 42.1 Å². The molecule has 23 heavy (non-hydrogen) atoms. The highest BCUT2D eigenvalue weighted by Crippen LogP contribution is 2.24. The fourth-order valence-corrected chi connectivity index (χ4v) is 2.75. The van der Waals surface area contributed by atoms with Crippen LogP contribution in [0.4, 0.5) is 17.5 Å². The normalized spacial score (nSPS) is 10.6. The Morgan fingerprint density at radius 3 is 2.13 bits per heavy atom. The molecule has 0 N–H and O–H groups in total. The van der Waals surface area contributed by atoms with Gasteiger partial charge in [-0.15, -0.1) is 0 Å². The van der Waals surface area contributed by atoms with Gasteiger partial charge in [0.2, 0.25) is 5.95 Å². The van der Waals surface area contributed by atoms with E-state index < -0.39 is 0 Å². The highest BCUT2D eigenvalue weighted by Gasteiger charge is 2.14. The van der Waals surface area contributed by atoms with Gasteiger partial charge >= 0.3 is 0 Å². The van der Waals surface area contributed by atoms with Crippen LogP contribution in [-0.2, 0) is 0 Å². The summed E-state index contributed by atoms with van der Waals surface area (Å²) in [4.78, 5) is 14.0. The average Bonchev–Trinajstić information content (AvgIpc) is 2.56. The van der Waals surface area contributed by atoms with Crippen LogP contribution in [0, 0.1) is 6.92 Å². The topological polar surface area (TPSA) is 32.3 Å². The van der Waals surface area contributed by atoms with Crippen LogP contribution < -0.4 is 9.80 Å². The first kappa shape index (κ1) is 17.3. The maximum atomic E-state index is 4.86. The van der Waals surface area contributed by atoms with Crippen molar-refractivity contribution in [2.75, 3.05) is 29.4 Å². The van der Waals surface area contributed by atoms with Gasteiger partial charge in [-0.3, -0.25) is 0 Å². The molecule has 0 aliphatic carbocycles. The van der Waals surface area contributed by atoms with Crippen molar-refractivity contribution < 1.29 is 0 Å². The summed E-state index contributed by atoms with van der Waals surface area (Å²) in [5, 5.41) is 0. The number of hydrogen-bond donors (Lipinski definition) is 0. The molecule has 0 radical (unpaired) electrons. The minimum absolute atomic E-state index is 0.783. The fraction of sp³-hybridized carbons (Fsp3) is 0.474. The lowest BCUT2D eigenvalue weighted by atomic mass is 10.3. The summed E-state index contributed by atoms with van der Waals surface area (Å²) in [6.45, 7) is 11.5. The predicted octanol–water partition coefficient (Wildman–Crippen LogP) is 4.57. The molecule has 2 rings (SSSR count). The standard InChI is InChI=1S/C19H28N4/c1-5-13-22(14-6-2)18-15-16(4)20-19(21-18)23(7-3)17-11-9-8-10-12-17/h8-12,15H,5-7,13-14H2,1-4H3. The summed E-state index contributed by atoms with van der Waals surface area (Å²) < 4.78 is 0. The Balaban J connectivity index is 2.38. The molecule has 0 saturated heterocycles. The van der Waals surface area contributed by atoms with Crippen LogP contribution in [0.2, 0.25) is 0 Å². The third-order valence-electron chi connectivity index (χ3n) is 3.77. The van der Waals surface area contributed by atoms with E-state index in [1.54, 1.807) is 0 Å². The molecule has 1 aromatic carbocycles. The van der Waals surface area contributed by atoms with Gasteiger partial charge in [-0.1, -0.05) is 32.0 Å². The summed E-state index contributed by atoms with van der Waals surface area (Å²) in [7, 11) is 0. The third kappa shape index (κ3) is 4.44. The smallest absolute Gasteiger partial charge is 0.232 e. The number of rotatable bonds is 8. The molecule has 0 aliphatic rings. The SMILES string of the molecule is CCCN(CCC)c1cc(C)nc(N(CC)c2ccccc2)n1. The first-order valence-electron chi connectivity index (χ1n) is 8.62. The Hall–Kier alpha value is -2.10. The molecule has 1 aromatic heterocycles. The zero-order valence-corrected chi connectivity index (χ0v) is 14.8. The lowest BCUT2D eigenvalue weighted by Crippen LogP contribution is -2.27. The Morgan fingerprint density at radius 2 is 1.57 bits per heavy atom. The van der Waals surface area contributed by atoms with Crippen molar-refractivity contribution in [2.45, 2.75) is 40.5 Å². The van der Waals surface area contributed by atoms with E-state index in [9.17, 15) is 0 Å². The van der Waals surface area contributed by atoms with Crippen LogP contribution in [0.15, 0.2) is 36.4 Å². The van der Waals surface area contributed by atoms with E-state index in [0.29, 0.717) is 0 Å². The van der Waals surface area contributed by atoms with Gasteiger partial charge in [0, 0.05) is 37.1 Å². The second-order valence-corrected chi connectivity index (χ2v) is 5.73. The molecule has 4 nitrogen and oxygen atoms in total. The van der Waals surface area contributed by atoms with Crippen molar-refractivity contribution in [2.24, 2.45) is 0 Å². The molecule has 0 bridgehead atoms. The van der Waals surface area contributed by atoms with Gasteiger partial charge in [-0.25, -0.2) is 4.98 Å². The number of hydrogen-bond acceptors (Lipinski definition) is 4. The molecule has 0 amide bonds. The largest absolute Gasteiger partial charge is 0.356 e. The van der Waals surface area contributed by atoms with Gasteiger partial charge in [-0.05, 0) is 38.8 Å². The van der Waals surface area contributed by atoms with E-state index in [4.69, 9.17) is 4.98 Å². The van der Waals surface area contributed by atoms with Gasteiger partial charge in [0.15, 0.2) is 0 Å². The average molecular weight is 312 g/mol. The second-order valence-electron chi connectivity index (χ2n) is 5.73. The fourth-order valence-electron chi connectivity index (χ4n) is 2.75. The molecular weight excluding hydrogens is 284 g/mol. The van der Waals surface area contributed by atoms with Gasteiger partial charge < -0.3 is 9.80 Å². The zero-order chi connectivity index (χ0) is 16.7. The zero-order valence-electron chi connectivity index (χ0n) is 14.8. The van der Waals surface area contributed by atoms with E-state index >= 15 is 0 Å². The molecule has 2 aromatic rings. The molecule has 0 atom stereocenters. The monoisotopic (exact) mass is 312 g/mol. The summed E-state index contributed by atoms with van der Waals surface area (Å²) in [6, 6.07) is 12.4. The second kappa shape index (κ2) is 8.51. The Morgan fingerprint density at radius 1 is 0.913 bits per heavy atom. The minimum Gasteiger partial charge on any atom is -0.356 e. The number of benzene rings is 1. The molecule has 0 spiro atoms. The van der Waals surface area contributed by atoms with E-state index in [1.807, 2.05) is 13.0 Å².